The van der Waals surface area contributed by atoms with Crippen molar-refractivity contribution in [3.05, 3.63) is 48.0 Å². The fourth-order valence-corrected chi connectivity index (χ4v) is 3.88. The first-order valence-electron chi connectivity index (χ1n) is 11.0. The van der Waals surface area contributed by atoms with E-state index in [1.165, 1.54) is 24.0 Å². The Kier molecular flexibility index (Phi) is 8.47. The Morgan fingerprint density at radius 2 is 1.89 bits per heavy atom. The molecule has 1 aliphatic heterocycles. The van der Waals surface area contributed by atoms with Crippen LogP contribution in [0.5, 0.6) is 0 Å². The third-order valence-electron chi connectivity index (χ3n) is 6.32. The second kappa shape index (κ2) is 10.6. The Morgan fingerprint density at radius 1 is 1.18 bits per heavy atom. The molecule has 0 radical (unpaired) electrons. The maximum absolute atomic E-state index is 13.0. The number of rotatable bonds is 10. The zero-order valence-electron chi connectivity index (χ0n) is 18.1. The number of hydrogen-bond acceptors (Lipinski definition) is 2. The zero-order valence-corrected chi connectivity index (χ0v) is 18.1. The summed E-state index contributed by atoms with van der Waals surface area (Å²) in [6.07, 6.45) is 9.60. The molecule has 0 bridgehead atoms. The molecule has 1 aromatic carbocycles. The summed E-state index contributed by atoms with van der Waals surface area (Å²) >= 11 is 0. The van der Waals surface area contributed by atoms with Gasteiger partial charge in [0, 0.05) is 12.0 Å². The summed E-state index contributed by atoms with van der Waals surface area (Å²) in [6.45, 7) is 11.1. The highest BCUT2D eigenvalue weighted by atomic mass is 16.2. The number of carbonyl (C=O) groups is 1. The van der Waals surface area contributed by atoms with Gasteiger partial charge in [-0.1, -0.05) is 69.7 Å². The summed E-state index contributed by atoms with van der Waals surface area (Å²) in [6, 6.07) is 10.8. The highest BCUT2D eigenvalue weighted by Gasteiger charge is 2.35. The predicted octanol–water partition coefficient (Wildman–Crippen LogP) is 6.18. The number of nitrogens with one attached hydrogen (secondary N) is 1. The van der Waals surface area contributed by atoms with Crippen LogP contribution in [0.1, 0.15) is 77.7 Å². The van der Waals surface area contributed by atoms with Gasteiger partial charge in [-0.2, -0.15) is 0 Å². The lowest BCUT2D eigenvalue weighted by Gasteiger charge is -2.39. The molecule has 28 heavy (non-hydrogen) atoms. The quantitative estimate of drug-likeness (QED) is 0.293. The molecule has 154 valence electrons. The molecule has 1 aromatic rings. The fraction of sp³-hybridized carbons (Fsp3) is 0.600. The van der Waals surface area contributed by atoms with Gasteiger partial charge in [-0.3, -0.25) is 10.2 Å². The number of likely N-dealkylation sites (tertiary alicyclic amines) is 1. The van der Waals surface area contributed by atoms with E-state index in [0.717, 1.165) is 51.5 Å². The molecule has 1 fully saturated rings. The predicted molar refractivity (Wildman–Crippen MR) is 119 cm³/mol. The minimum Gasteiger partial charge on any atom is -0.331 e. The number of hydrogen-bond donors (Lipinski definition) is 1. The highest BCUT2D eigenvalue weighted by molar-refractivity contribution is 6.39. The molecule has 0 spiro atoms. The van der Waals surface area contributed by atoms with Crippen LogP contribution in [-0.2, 0) is 11.2 Å². The van der Waals surface area contributed by atoms with Gasteiger partial charge in [0.2, 0.25) is 0 Å². The van der Waals surface area contributed by atoms with Gasteiger partial charge < -0.3 is 4.90 Å². The van der Waals surface area contributed by atoms with Gasteiger partial charge >= 0.3 is 0 Å². The van der Waals surface area contributed by atoms with E-state index >= 15 is 0 Å². The molecule has 1 atom stereocenters. The molecule has 2 rings (SSSR count). The topological polar surface area (TPSA) is 44.2 Å². The van der Waals surface area contributed by atoms with Gasteiger partial charge in [0.1, 0.15) is 5.71 Å². The van der Waals surface area contributed by atoms with Crippen molar-refractivity contribution < 1.29 is 4.79 Å². The Hall–Kier alpha value is -1.90. The molecule has 1 saturated heterocycles. The van der Waals surface area contributed by atoms with Crippen molar-refractivity contribution >= 4 is 11.6 Å². The van der Waals surface area contributed by atoms with E-state index in [-0.39, 0.29) is 23.1 Å². The van der Waals surface area contributed by atoms with Gasteiger partial charge in [0.25, 0.3) is 5.91 Å². The number of carbonyl (C=O) groups excluding carboxylic acids is 1. The Labute approximate surface area is 171 Å². The van der Waals surface area contributed by atoms with Crippen LogP contribution >= 0.6 is 0 Å². The van der Waals surface area contributed by atoms with Crippen LogP contribution in [0, 0.1) is 10.8 Å². The van der Waals surface area contributed by atoms with Gasteiger partial charge in [0.15, 0.2) is 0 Å². The SMILES string of the molecule is C=C(CCCCCc1ccccc1)C1CCCCN1C(=O)C(=N)C(C)(C)CC. The van der Waals surface area contributed by atoms with Crippen LogP contribution in [0.2, 0.25) is 0 Å². The van der Waals surface area contributed by atoms with Gasteiger partial charge in [-0.05, 0) is 56.9 Å². The van der Waals surface area contributed by atoms with E-state index in [1.807, 2.05) is 25.7 Å². The maximum Gasteiger partial charge on any atom is 0.268 e. The first-order chi connectivity index (χ1) is 13.4. The molecule has 0 aliphatic carbocycles. The van der Waals surface area contributed by atoms with Crippen LogP contribution < -0.4 is 0 Å². The number of piperidine rings is 1. The Morgan fingerprint density at radius 3 is 2.57 bits per heavy atom. The normalized spacial score (nSPS) is 17.4. The maximum atomic E-state index is 13.0. The van der Waals surface area contributed by atoms with Crippen molar-refractivity contribution in [2.24, 2.45) is 5.41 Å². The summed E-state index contributed by atoms with van der Waals surface area (Å²) in [5, 5.41) is 8.42. The van der Waals surface area contributed by atoms with E-state index in [9.17, 15) is 4.79 Å². The first-order valence-corrected chi connectivity index (χ1v) is 11.0. The van der Waals surface area contributed by atoms with Crippen molar-refractivity contribution in [2.75, 3.05) is 6.54 Å². The number of benzene rings is 1. The van der Waals surface area contributed by atoms with Gasteiger partial charge in [-0.25, -0.2) is 0 Å². The van der Waals surface area contributed by atoms with E-state index < -0.39 is 0 Å². The third-order valence-corrected chi connectivity index (χ3v) is 6.32. The second-order valence-electron chi connectivity index (χ2n) is 8.83. The van der Waals surface area contributed by atoms with E-state index in [0.29, 0.717) is 0 Å². The summed E-state index contributed by atoms with van der Waals surface area (Å²) in [4.78, 5) is 15.0. The average molecular weight is 383 g/mol. The van der Waals surface area contributed by atoms with Crippen LogP contribution in [0.4, 0.5) is 0 Å². The van der Waals surface area contributed by atoms with Gasteiger partial charge in [0.05, 0.1) is 6.04 Å². The lowest BCUT2D eigenvalue weighted by molar-refractivity contribution is -0.127. The lowest BCUT2D eigenvalue weighted by Crippen LogP contribution is -2.50. The summed E-state index contributed by atoms with van der Waals surface area (Å²) in [7, 11) is 0. The second-order valence-corrected chi connectivity index (χ2v) is 8.83. The standard InChI is InChI=1S/C25H38N2O/c1-5-25(3,4)23(26)24(28)27-19-13-12-18-22(27)20(2)14-8-6-9-15-21-16-10-7-11-17-21/h7,10-11,16-17,22,26H,2,5-6,8-9,12-15,18-19H2,1,3-4H3. The van der Waals surface area contributed by atoms with Crippen LogP contribution in [0.15, 0.2) is 42.5 Å². The van der Waals surface area contributed by atoms with Crippen LogP contribution in [0.3, 0.4) is 0 Å². The lowest BCUT2D eigenvalue weighted by atomic mass is 9.83. The molecule has 1 aliphatic rings. The van der Waals surface area contributed by atoms with Crippen molar-refractivity contribution in [1.82, 2.24) is 4.90 Å². The van der Waals surface area contributed by atoms with Crippen molar-refractivity contribution in [3.63, 3.8) is 0 Å². The zero-order chi connectivity index (χ0) is 20.6. The van der Waals surface area contributed by atoms with Crippen LogP contribution in [0.25, 0.3) is 0 Å². The molecule has 1 N–H and O–H groups in total. The minimum absolute atomic E-state index is 0.0817. The number of aryl methyl sites for hydroxylation is 1. The molecular weight excluding hydrogens is 344 g/mol. The molecule has 3 heteroatoms. The fourth-order valence-electron chi connectivity index (χ4n) is 3.88. The minimum atomic E-state index is -0.363. The molecule has 1 amide bonds. The Balaban J connectivity index is 1.84. The van der Waals surface area contributed by atoms with E-state index in [4.69, 9.17) is 5.41 Å². The number of unbranched alkanes of at least 4 members (excludes halogenated alkanes) is 2. The molecular formula is C25H38N2O. The van der Waals surface area contributed by atoms with Gasteiger partial charge in [-0.15, -0.1) is 0 Å². The molecule has 1 heterocycles. The molecule has 1 unspecified atom stereocenters. The highest BCUT2D eigenvalue weighted by Crippen LogP contribution is 2.29. The van der Waals surface area contributed by atoms with Crippen molar-refractivity contribution in [1.29, 1.82) is 5.41 Å². The third kappa shape index (κ3) is 6.05. The smallest absolute Gasteiger partial charge is 0.268 e. The average Bonchev–Trinajstić information content (AvgIpc) is 2.73. The van der Waals surface area contributed by atoms with Crippen molar-refractivity contribution in [2.45, 2.75) is 84.6 Å². The van der Waals surface area contributed by atoms with E-state index in [2.05, 4.69) is 36.9 Å². The molecule has 0 aromatic heterocycles. The van der Waals surface area contributed by atoms with Crippen molar-refractivity contribution in [3.8, 4) is 0 Å². The summed E-state index contributed by atoms with van der Waals surface area (Å²) < 4.78 is 0. The van der Waals surface area contributed by atoms with Crippen LogP contribution in [-0.4, -0.2) is 29.1 Å². The summed E-state index contributed by atoms with van der Waals surface area (Å²) in [5.74, 6) is -0.0817. The summed E-state index contributed by atoms with van der Waals surface area (Å²) in [5.41, 5.74) is 2.47. The first kappa shape index (κ1) is 22.4. The monoisotopic (exact) mass is 382 g/mol. The Bertz CT molecular complexity index is 662. The van der Waals surface area contributed by atoms with E-state index in [1.54, 1.807) is 0 Å². The molecule has 3 nitrogen and oxygen atoms in total. The molecule has 0 saturated carbocycles. The number of nitrogens with zero attached hydrogens (tertiary/aromatic N) is 1. The largest absolute Gasteiger partial charge is 0.331 e. The number of amides is 1.